The van der Waals surface area contributed by atoms with Crippen LogP contribution in [0.1, 0.15) is 34.0 Å². The van der Waals surface area contributed by atoms with Crippen LogP contribution in [0.3, 0.4) is 0 Å². The van der Waals surface area contributed by atoms with Gasteiger partial charge in [-0.2, -0.15) is 4.31 Å². The Kier molecular flexibility index (Phi) is 6.81. The number of benzene rings is 3. The SMILES string of the molecule is CCOC(=O)c1cccc(NC(=O)[C@@H]2Cc3ccccc3CN2S(=O)(=O)c2ccc(C)cc2)c1. The van der Waals surface area contributed by atoms with Crippen LogP contribution in [0.2, 0.25) is 0 Å². The fraction of sp³-hybridized carbons (Fsp3) is 0.231. The van der Waals surface area contributed by atoms with Crippen LogP contribution in [-0.4, -0.2) is 37.2 Å². The summed E-state index contributed by atoms with van der Waals surface area (Å²) in [6.45, 7) is 3.93. The number of aryl methyl sites for hydroxylation is 1. The summed E-state index contributed by atoms with van der Waals surface area (Å²) in [6.07, 6.45) is 0.241. The van der Waals surface area contributed by atoms with Crippen LogP contribution in [0, 0.1) is 6.92 Å². The molecule has 0 unspecified atom stereocenters. The Morgan fingerprint density at radius 2 is 1.71 bits per heavy atom. The third-order valence-electron chi connectivity index (χ3n) is 5.78. The van der Waals surface area contributed by atoms with Crippen LogP contribution >= 0.6 is 0 Å². The van der Waals surface area contributed by atoms with Crippen LogP contribution in [0.5, 0.6) is 0 Å². The number of nitrogens with zero attached hydrogens (tertiary/aromatic N) is 1. The van der Waals surface area contributed by atoms with Crippen LogP contribution < -0.4 is 5.32 Å². The van der Waals surface area contributed by atoms with E-state index in [0.29, 0.717) is 11.3 Å². The number of ether oxygens (including phenoxy) is 1. The lowest BCUT2D eigenvalue weighted by atomic mass is 9.95. The summed E-state index contributed by atoms with van der Waals surface area (Å²) in [4.78, 5) is 25.6. The fourth-order valence-corrected chi connectivity index (χ4v) is 5.55. The van der Waals surface area contributed by atoms with Crippen molar-refractivity contribution >= 4 is 27.6 Å². The number of rotatable bonds is 6. The molecule has 0 fully saturated rings. The van der Waals surface area contributed by atoms with E-state index in [2.05, 4.69) is 5.32 Å². The minimum absolute atomic E-state index is 0.0906. The molecule has 0 radical (unpaired) electrons. The van der Waals surface area contributed by atoms with Crippen LogP contribution in [0.25, 0.3) is 0 Å². The first-order valence-electron chi connectivity index (χ1n) is 11.0. The molecule has 1 atom stereocenters. The molecular weight excluding hydrogens is 452 g/mol. The van der Waals surface area contributed by atoms with Gasteiger partial charge in [-0.3, -0.25) is 4.79 Å². The number of nitrogens with one attached hydrogen (secondary N) is 1. The molecule has 7 nitrogen and oxygen atoms in total. The summed E-state index contributed by atoms with van der Waals surface area (Å²) in [5.41, 5.74) is 3.43. The van der Waals surface area contributed by atoms with Crippen LogP contribution in [0.15, 0.2) is 77.7 Å². The van der Waals surface area contributed by atoms with Crippen molar-refractivity contribution in [1.29, 1.82) is 0 Å². The zero-order chi connectivity index (χ0) is 24.3. The van der Waals surface area contributed by atoms with Gasteiger partial charge in [-0.1, -0.05) is 48.0 Å². The highest BCUT2D eigenvalue weighted by Gasteiger charge is 2.39. The molecule has 4 rings (SSSR count). The summed E-state index contributed by atoms with van der Waals surface area (Å²) in [5.74, 6) is -0.958. The van der Waals surface area contributed by atoms with Gasteiger partial charge in [-0.25, -0.2) is 13.2 Å². The minimum atomic E-state index is -3.94. The highest BCUT2D eigenvalue weighted by Crippen LogP contribution is 2.30. The number of esters is 1. The molecule has 1 aliphatic rings. The second-order valence-electron chi connectivity index (χ2n) is 8.14. The highest BCUT2D eigenvalue weighted by atomic mass is 32.2. The molecule has 0 saturated heterocycles. The van der Waals surface area contributed by atoms with Gasteiger partial charge in [-0.05, 0) is 61.7 Å². The molecule has 0 saturated carbocycles. The molecule has 1 heterocycles. The monoisotopic (exact) mass is 478 g/mol. The van der Waals surface area contributed by atoms with Gasteiger partial charge in [0.2, 0.25) is 15.9 Å². The van der Waals surface area contributed by atoms with Crippen molar-refractivity contribution in [2.45, 2.75) is 37.8 Å². The molecule has 0 aliphatic carbocycles. The Balaban J connectivity index is 1.66. The molecule has 3 aromatic carbocycles. The lowest BCUT2D eigenvalue weighted by Gasteiger charge is -2.35. The summed E-state index contributed by atoms with van der Waals surface area (Å²) in [7, 11) is -3.94. The second kappa shape index (κ2) is 9.79. The first kappa shape index (κ1) is 23.7. The second-order valence-corrected chi connectivity index (χ2v) is 10.0. The summed E-state index contributed by atoms with van der Waals surface area (Å²) >= 11 is 0. The van der Waals surface area contributed by atoms with Crippen molar-refractivity contribution in [2.75, 3.05) is 11.9 Å². The van der Waals surface area contributed by atoms with Crippen LogP contribution in [-0.2, 0) is 32.5 Å². The van der Waals surface area contributed by atoms with Crippen molar-refractivity contribution in [3.8, 4) is 0 Å². The third kappa shape index (κ3) is 4.88. The predicted octanol–water partition coefficient (Wildman–Crippen LogP) is 3.93. The van der Waals surface area contributed by atoms with Gasteiger partial charge in [0.25, 0.3) is 0 Å². The van der Waals surface area contributed by atoms with E-state index in [-0.39, 0.29) is 24.5 Å². The Labute approximate surface area is 199 Å². The lowest BCUT2D eigenvalue weighted by Crippen LogP contribution is -2.50. The summed E-state index contributed by atoms with van der Waals surface area (Å²) in [6, 6.07) is 19.6. The van der Waals surface area contributed by atoms with E-state index in [1.807, 2.05) is 31.2 Å². The maximum absolute atomic E-state index is 13.6. The van der Waals surface area contributed by atoms with Gasteiger partial charge in [0.05, 0.1) is 17.1 Å². The van der Waals surface area contributed by atoms with E-state index in [0.717, 1.165) is 16.7 Å². The van der Waals surface area contributed by atoms with Crippen LogP contribution in [0.4, 0.5) is 5.69 Å². The molecule has 176 valence electrons. The number of anilines is 1. The van der Waals surface area contributed by atoms with E-state index in [1.54, 1.807) is 49.4 Å². The largest absolute Gasteiger partial charge is 0.462 e. The molecule has 3 aromatic rings. The van der Waals surface area contributed by atoms with E-state index in [4.69, 9.17) is 4.74 Å². The minimum Gasteiger partial charge on any atom is -0.462 e. The smallest absolute Gasteiger partial charge is 0.338 e. The first-order valence-corrected chi connectivity index (χ1v) is 12.5. The average molecular weight is 479 g/mol. The number of carbonyl (C=O) groups is 2. The van der Waals surface area contributed by atoms with Crippen molar-refractivity contribution in [1.82, 2.24) is 4.31 Å². The summed E-state index contributed by atoms with van der Waals surface area (Å²) < 4.78 is 33.4. The number of hydrogen-bond donors (Lipinski definition) is 1. The van der Waals surface area contributed by atoms with Crippen molar-refractivity contribution in [2.24, 2.45) is 0 Å². The number of hydrogen-bond acceptors (Lipinski definition) is 5. The zero-order valence-electron chi connectivity index (χ0n) is 19.0. The summed E-state index contributed by atoms with van der Waals surface area (Å²) in [5, 5.41) is 2.79. The van der Waals surface area contributed by atoms with Gasteiger partial charge < -0.3 is 10.1 Å². The van der Waals surface area contributed by atoms with Crippen molar-refractivity contribution < 1.29 is 22.7 Å². The molecule has 0 spiro atoms. The molecule has 0 aromatic heterocycles. The molecule has 1 aliphatic heterocycles. The van der Waals surface area contributed by atoms with E-state index >= 15 is 0 Å². The Bertz CT molecular complexity index is 1320. The van der Waals surface area contributed by atoms with Gasteiger partial charge in [0, 0.05) is 12.2 Å². The quantitative estimate of drug-likeness (QED) is 0.542. The first-order chi connectivity index (χ1) is 16.3. The predicted molar refractivity (Wildman–Crippen MR) is 129 cm³/mol. The zero-order valence-corrected chi connectivity index (χ0v) is 19.8. The maximum atomic E-state index is 13.6. The third-order valence-corrected chi connectivity index (χ3v) is 7.65. The highest BCUT2D eigenvalue weighted by molar-refractivity contribution is 7.89. The lowest BCUT2D eigenvalue weighted by molar-refractivity contribution is -0.120. The number of sulfonamides is 1. The van der Waals surface area contributed by atoms with E-state index in [1.165, 1.54) is 10.4 Å². The average Bonchev–Trinajstić information content (AvgIpc) is 2.83. The normalized spacial score (nSPS) is 15.9. The van der Waals surface area contributed by atoms with Gasteiger partial charge in [0.15, 0.2) is 0 Å². The fourth-order valence-electron chi connectivity index (χ4n) is 3.98. The topological polar surface area (TPSA) is 92.8 Å². The maximum Gasteiger partial charge on any atom is 0.338 e. The Morgan fingerprint density at radius 3 is 2.41 bits per heavy atom. The molecule has 1 amide bonds. The Morgan fingerprint density at radius 1 is 1.00 bits per heavy atom. The molecule has 8 heteroatoms. The molecular formula is C26H26N2O5S. The van der Waals surface area contributed by atoms with Crippen molar-refractivity contribution in [3.63, 3.8) is 0 Å². The van der Waals surface area contributed by atoms with Gasteiger partial charge >= 0.3 is 5.97 Å². The van der Waals surface area contributed by atoms with Gasteiger partial charge in [0.1, 0.15) is 6.04 Å². The van der Waals surface area contributed by atoms with Crippen molar-refractivity contribution in [3.05, 3.63) is 95.1 Å². The number of amides is 1. The van der Waals surface area contributed by atoms with E-state index in [9.17, 15) is 18.0 Å². The number of carbonyl (C=O) groups excluding carboxylic acids is 2. The molecule has 1 N–H and O–H groups in total. The van der Waals surface area contributed by atoms with Gasteiger partial charge in [-0.15, -0.1) is 0 Å². The number of fused-ring (bicyclic) bond motifs is 1. The molecule has 34 heavy (non-hydrogen) atoms. The molecule has 0 bridgehead atoms. The standard InChI is InChI=1S/C26H26N2O5S/c1-3-33-26(30)20-9-6-10-22(15-20)27-25(29)24-16-19-7-4-5-8-21(19)17-28(24)34(31,32)23-13-11-18(2)12-14-23/h4-15,24H,3,16-17H2,1-2H3,(H,27,29)/t24-/m0/s1. The Hall–Kier alpha value is -3.49. The van der Waals surface area contributed by atoms with E-state index < -0.39 is 27.9 Å².